The van der Waals surface area contributed by atoms with Crippen LogP contribution in [0, 0.1) is 5.92 Å². The molecule has 7 heteroatoms. The van der Waals surface area contributed by atoms with Gasteiger partial charge in [-0.1, -0.05) is 32.9 Å². The topological polar surface area (TPSA) is 71.3 Å². The van der Waals surface area contributed by atoms with Crippen molar-refractivity contribution in [3.05, 3.63) is 11.7 Å². The second kappa shape index (κ2) is 7.85. The lowest BCUT2D eigenvalue weighted by atomic mass is 10.1. The van der Waals surface area contributed by atoms with E-state index in [1.165, 1.54) is 0 Å². The number of thioether (sulfide) groups is 1. The number of aromatic nitrogens is 2. The Morgan fingerprint density at radius 1 is 1.45 bits per heavy atom. The number of rotatable bonds is 5. The zero-order chi connectivity index (χ0) is 16.1. The van der Waals surface area contributed by atoms with Crippen LogP contribution in [0.4, 0.5) is 4.79 Å². The normalized spacial score (nSPS) is 19.0. The van der Waals surface area contributed by atoms with Gasteiger partial charge in [0.1, 0.15) is 0 Å². The lowest BCUT2D eigenvalue weighted by molar-refractivity contribution is 0.197. The maximum absolute atomic E-state index is 12.2. The Bertz CT molecular complexity index is 490. The van der Waals surface area contributed by atoms with E-state index in [-0.39, 0.29) is 11.9 Å². The highest BCUT2D eigenvalue weighted by atomic mass is 32.2. The van der Waals surface area contributed by atoms with E-state index in [4.69, 9.17) is 4.52 Å². The summed E-state index contributed by atoms with van der Waals surface area (Å²) in [4.78, 5) is 18.4. The van der Waals surface area contributed by atoms with Gasteiger partial charge in [-0.15, -0.1) is 0 Å². The van der Waals surface area contributed by atoms with E-state index in [0.29, 0.717) is 35.8 Å². The molecule has 1 N–H and O–H groups in total. The van der Waals surface area contributed by atoms with Gasteiger partial charge in [-0.3, -0.25) is 0 Å². The second-order valence-electron chi connectivity index (χ2n) is 6.28. The summed E-state index contributed by atoms with van der Waals surface area (Å²) in [6.07, 6.45) is 0.571. The summed E-state index contributed by atoms with van der Waals surface area (Å²) >= 11 is 1.96. The molecule has 0 spiro atoms. The molecule has 0 aliphatic carbocycles. The smallest absolute Gasteiger partial charge is 0.317 e. The quantitative estimate of drug-likeness (QED) is 0.900. The molecule has 2 amide bonds. The number of hydrogen-bond donors (Lipinski definition) is 1. The summed E-state index contributed by atoms with van der Waals surface area (Å²) in [6.45, 7) is 10.6. The van der Waals surface area contributed by atoms with Gasteiger partial charge in [-0.2, -0.15) is 16.7 Å². The summed E-state index contributed by atoms with van der Waals surface area (Å²) < 4.78 is 5.17. The Morgan fingerprint density at radius 3 is 2.86 bits per heavy atom. The summed E-state index contributed by atoms with van der Waals surface area (Å²) in [5, 5.41) is 7.40. The third-order valence-electron chi connectivity index (χ3n) is 3.74. The highest BCUT2D eigenvalue weighted by Gasteiger charge is 2.25. The molecule has 1 fully saturated rings. The molecule has 1 aromatic heterocycles. The Labute approximate surface area is 136 Å². The molecule has 1 aliphatic rings. The van der Waals surface area contributed by atoms with Crippen molar-refractivity contribution in [3.63, 3.8) is 0 Å². The van der Waals surface area contributed by atoms with Crippen molar-refractivity contribution < 1.29 is 9.32 Å². The van der Waals surface area contributed by atoms with Crippen LogP contribution in [0.2, 0.25) is 0 Å². The number of nitrogens with one attached hydrogen (secondary N) is 1. The molecule has 0 saturated carbocycles. The summed E-state index contributed by atoms with van der Waals surface area (Å²) in [7, 11) is 0. The minimum absolute atomic E-state index is 0.00884. The minimum atomic E-state index is 0.00884. The summed E-state index contributed by atoms with van der Waals surface area (Å²) in [6, 6.07) is 0.00884. The van der Waals surface area contributed by atoms with E-state index in [1.807, 2.05) is 30.5 Å². The van der Waals surface area contributed by atoms with Crippen molar-refractivity contribution in [2.75, 3.05) is 25.4 Å². The molecule has 22 heavy (non-hydrogen) atoms. The standard InChI is InChI=1S/C15H26N4O2S/c1-10(2)12-9-19(7-8-22-12)15(20)16-6-5-13-17-14(11(3)4)18-21-13/h10-12H,5-9H2,1-4H3,(H,16,20)/t12-/m1/s1. The third kappa shape index (κ3) is 4.63. The fourth-order valence-electron chi connectivity index (χ4n) is 2.26. The van der Waals surface area contributed by atoms with E-state index in [1.54, 1.807) is 0 Å². The van der Waals surface area contributed by atoms with Gasteiger partial charge in [0.25, 0.3) is 0 Å². The molecule has 1 atom stereocenters. The van der Waals surface area contributed by atoms with Crippen LogP contribution in [0.3, 0.4) is 0 Å². The summed E-state index contributed by atoms with van der Waals surface area (Å²) in [5.74, 6) is 3.16. The molecule has 1 aromatic rings. The van der Waals surface area contributed by atoms with Gasteiger partial charge in [0, 0.05) is 43.0 Å². The highest BCUT2D eigenvalue weighted by Crippen LogP contribution is 2.24. The average Bonchev–Trinajstić information content (AvgIpc) is 2.96. The molecule has 0 aromatic carbocycles. The number of carbonyl (C=O) groups excluding carboxylic acids is 1. The van der Waals surface area contributed by atoms with Crippen LogP contribution in [0.1, 0.15) is 45.3 Å². The molecule has 1 saturated heterocycles. The lowest BCUT2D eigenvalue weighted by Crippen LogP contribution is -2.48. The molecular weight excluding hydrogens is 300 g/mol. The Morgan fingerprint density at radius 2 is 2.23 bits per heavy atom. The average molecular weight is 326 g/mol. The number of urea groups is 1. The van der Waals surface area contributed by atoms with Gasteiger partial charge < -0.3 is 14.7 Å². The van der Waals surface area contributed by atoms with Crippen molar-refractivity contribution in [2.45, 2.75) is 45.3 Å². The maximum Gasteiger partial charge on any atom is 0.317 e. The van der Waals surface area contributed by atoms with Gasteiger partial charge in [-0.05, 0) is 5.92 Å². The maximum atomic E-state index is 12.2. The van der Waals surface area contributed by atoms with E-state index in [2.05, 4.69) is 29.3 Å². The van der Waals surface area contributed by atoms with E-state index in [0.717, 1.165) is 18.8 Å². The van der Waals surface area contributed by atoms with Crippen molar-refractivity contribution in [1.29, 1.82) is 0 Å². The van der Waals surface area contributed by atoms with Gasteiger partial charge in [0.05, 0.1) is 0 Å². The predicted molar refractivity (Wildman–Crippen MR) is 88.1 cm³/mol. The largest absolute Gasteiger partial charge is 0.339 e. The van der Waals surface area contributed by atoms with Crippen LogP contribution in [0.15, 0.2) is 4.52 Å². The zero-order valence-corrected chi connectivity index (χ0v) is 14.7. The van der Waals surface area contributed by atoms with Crippen LogP contribution < -0.4 is 5.32 Å². The van der Waals surface area contributed by atoms with Crippen LogP contribution in [-0.4, -0.2) is 51.7 Å². The van der Waals surface area contributed by atoms with Crippen molar-refractivity contribution >= 4 is 17.8 Å². The zero-order valence-electron chi connectivity index (χ0n) is 13.8. The molecule has 0 unspecified atom stereocenters. The lowest BCUT2D eigenvalue weighted by Gasteiger charge is -2.34. The Hall–Kier alpha value is -1.24. The predicted octanol–water partition coefficient (Wildman–Crippen LogP) is 2.52. The van der Waals surface area contributed by atoms with Gasteiger partial charge >= 0.3 is 6.03 Å². The molecule has 6 nitrogen and oxygen atoms in total. The SMILES string of the molecule is CC(C)c1noc(CCNC(=O)N2CCS[C@@H](C(C)C)C2)n1. The van der Waals surface area contributed by atoms with Crippen LogP contribution in [-0.2, 0) is 6.42 Å². The molecule has 0 bridgehead atoms. The first kappa shape index (κ1) is 17.1. The molecule has 0 radical (unpaired) electrons. The first-order chi connectivity index (χ1) is 10.5. The van der Waals surface area contributed by atoms with Gasteiger partial charge in [-0.25, -0.2) is 4.79 Å². The van der Waals surface area contributed by atoms with Crippen LogP contribution in [0.25, 0.3) is 0 Å². The molecule has 2 rings (SSSR count). The monoisotopic (exact) mass is 326 g/mol. The van der Waals surface area contributed by atoms with Gasteiger partial charge in [0.2, 0.25) is 5.89 Å². The third-order valence-corrected chi connectivity index (χ3v) is 5.28. The van der Waals surface area contributed by atoms with E-state index < -0.39 is 0 Å². The van der Waals surface area contributed by atoms with Crippen LogP contribution in [0.5, 0.6) is 0 Å². The fraction of sp³-hybridized carbons (Fsp3) is 0.800. The second-order valence-corrected chi connectivity index (χ2v) is 7.63. The summed E-state index contributed by atoms with van der Waals surface area (Å²) in [5.41, 5.74) is 0. The number of hydrogen-bond acceptors (Lipinski definition) is 5. The van der Waals surface area contributed by atoms with E-state index >= 15 is 0 Å². The van der Waals surface area contributed by atoms with E-state index in [9.17, 15) is 4.79 Å². The first-order valence-corrected chi connectivity index (χ1v) is 8.99. The van der Waals surface area contributed by atoms with Crippen molar-refractivity contribution in [3.8, 4) is 0 Å². The van der Waals surface area contributed by atoms with Crippen molar-refractivity contribution in [2.24, 2.45) is 5.92 Å². The fourth-order valence-corrected chi connectivity index (χ4v) is 3.55. The van der Waals surface area contributed by atoms with Gasteiger partial charge in [0.15, 0.2) is 5.82 Å². The Kier molecular flexibility index (Phi) is 6.11. The van der Waals surface area contributed by atoms with Crippen molar-refractivity contribution in [1.82, 2.24) is 20.4 Å². The number of carbonyl (C=O) groups is 1. The molecule has 124 valence electrons. The Balaban J connectivity index is 1.75. The first-order valence-electron chi connectivity index (χ1n) is 7.94. The molecular formula is C15H26N4O2S. The highest BCUT2D eigenvalue weighted by molar-refractivity contribution is 8.00. The number of nitrogens with zero attached hydrogens (tertiary/aromatic N) is 3. The molecule has 2 heterocycles. The number of amides is 2. The minimum Gasteiger partial charge on any atom is -0.339 e. The molecule has 1 aliphatic heterocycles. The van der Waals surface area contributed by atoms with Crippen LogP contribution >= 0.6 is 11.8 Å².